The van der Waals surface area contributed by atoms with Crippen LogP contribution >= 0.6 is 44.8 Å². The Morgan fingerprint density at radius 3 is 1.38 bits per heavy atom. The normalized spacial score (nSPS) is 12.1. The summed E-state index contributed by atoms with van der Waals surface area (Å²) in [7, 11) is 1.64. The molecule has 0 aliphatic heterocycles. The van der Waals surface area contributed by atoms with Crippen molar-refractivity contribution in [1.29, 1.82) is 0 Å². The standard InChI is InChI=1S/C18H12Cl2O4S2/c19-13-7-3-1-5-11(13)9-15(17(21)22)25-26-16(18(23)24)10-12-6-2-4-8-14(12)20/h1-10H,(H,21,22)(H,23,24). The average Bonchev–Trinajstić information content (AvgIpc) is 2.60. The first-order chi connectivity index (χ1) is 12.4. The minimum absolute atomic E-state index is 0.0468. The van der Waals surface area contributed by atoms with Gasteiger partial charge < -0.3 is 10.2 Å². The summed E-state index contributed by atoms with van der Waals surface area (Å²) in [5, 5.41) is 19.6. The predicted molar refractivity (Wildman–Crippen MR) is 109 cm³/mol. The van der Waals surface area contributed by atoms with Gasteiger partial charge in [0.1, 0.15) is 9.81 Å². The molecule has 2 aromatic carbocycles. The lowest BCUT2D eigenvalue weighted by Crippen LogP contribution is -1.98. The molecule has 0 aliphatic rings. The van der Waals surface area contributed by atoms with E-state index in [0.29, 0.717) is 21.2 Å². The summed E-state index contributed by atoms with van der Waals surface area (Å²) in [6.07, 6.45) is 2.80. The Bertz CT molecular complexity index is 821. The van der Waals surface area contributed by atoms with E-state index in [2.05, 4.69) is 0 Å². The van der Waals surface area contributed by atoms with Crippen LogP contribution in [0.3, 0.4) is 0 Å². The van der Waals surface area contributed by atoms with E-state index in [1.807, 2.05) is 0 Å². The topological polar surface area (TPSA) is 74.6 Å². The first kappa shape index (κ1) is 20.5. The van der Waals surface area contributed by atoms with Gasteiger partial charge in [0.2, 0.25) is 0 Å². The maximum atomic E-state index is 11.5. The molecule has 0 saturated carbocycles. The first-order valence-corrected chi connectivity index (χ1v) is 10.0. The van der Waals surface area contributed by atoms with E-state index < -0.39 is 11.9 Å². The highest BCUT2D eigenvalue weighted by Gasteiger charge is 2.16. The van der Waals surface area contributed by atoms with Crippen LogP contribution in [0.4, 0.5) is 0 Å². The lowest BCUT2D eigenvalue weighted by molar-refractivity contribution is -0.132. The average molecular weight is 427 g/mol. The fraction of sp³-hybridized carbons (Fsp3) is 0. The Morgan fingerprint density at radius 1 is 0.731 bits per heavy atom. The molecule has 0 aliphatic carbocycles. The van der Waals surface area contributed by atoms with Crippen molar-refractivity contribution < 1.29 is 19.8 Å². The van der Waals surface area contributed by atoms with Gasteiger partial charge in [0.25, 0.3) is 0 Å². The smallest absolute Gasteiger partial charge is 0.343 e. The van der Waals surface area contributed by atoms with Crippen molar-refractivity contribution in [3.05, 3.63) is 79.5 Å². The molecule has 134 valence electrons. The zero-order valence-electron chi connectivity index (χ0n) is 13.1. The van der Waals surface area contributed by atoms with Crippen LogP contribution in [0, 0.1) is 0 Å². The maximum absolute atomic E-state index is 11.5. The third-order valence-electron chi connectivity index (χ3n) is 3.03. The Kier molecular flexibility index (Phi) is 7.66. The summed E-state index contributed by atoms with van der Waals surface area (Å²) in [6.45, 7) is 0. The lowest BCUT2D eigenvalue weighted by atomic mass is 10.2. The monoisotopic (exact) mass is 426 g/mol. The summed E-state index contributed by atoms with van der Waals surface area (Å²) in [5.41, 5.74) is 1.07. The van der Waals surface area contributed by atoms with Crippen molar-refractivity contribution in [3.8, 4) is 0 Å². The van der Waals surface area contributed by atoms with Crippen LogP contribution in [-0.4, -0.2) is 22.2 Å². The molecule has 0 heterocycles. The quantitative estimate of drug-likeness (QED) is 0.422. The summed E-state index contributed by atoms with van der Waals surface area (Å²) >= 11 is 12.1. The van der Waals surface area contributed by atoms with Gasteiger partial charge >= 0.3 is 11.9 Å². The van der Waals surface area contributed by atoms with Gasteiger partial charge in [-0.25, -0.2) is 9.59 Å². The van der Waals surface area contributed by atoms with E-state index >= 15 is 0 Å². The molecule has 0 radical (unpaired) electrons. The minimum Gasteiger partial charge on any atom is -0.477 e. The second-order valence-corrected chi connectivity index (χ2v) is 7.86. The Morgan fingerprint density at radius 2 is 1.08 bits per heavy atom. The van der Waals surface area contributed by atoms with Gasteiger partial charge in [0.15, 0.2) is 0 Å². The van der Waals surface area contributed by atoms with Gasteiger partial charge in [0, 0.05) is 10.0 Å². The molecule has 0 fully saturated rings. The van der Waals surface area contributed by atoms with E-state index in [1.165, 1.54) is 12.2 Å². The lowest BCUT2D eigenvalue weighted by Gasteiger charge is -2.05. The molecular formula is C18H12Cl2O4S2. The van der Waals surface area contributed by atoms with Gasteiger partial charge in [-0.05, 0) is 57.0 Å². The third kappa shape index (κ3) is 5.85. The Labute approximate surface area is 167 Å². The highest BCUT2D eigenvalue weighted by atomic mass is 35.5. The zero-order valence-corrected chi connectivity index (χ0v) is 16.2. The van der Waals surface area contributed by atoms with Crippen molar-refractivity contribution >= 4 is 68.9 Å². The van der Waals surface area contributed by atoms with E-state index in [-0.39, 0.29) is 9.81 Å². The molecular weight excluding hydrogens is 415 g/mol. The summed E-state index contributed by atoms with van der Waals surface area (Å²) in [6, 6.07) is 13.6. The SMILES string of the molecule is O=C(O)C(=Cc1ccccc1Cl)SSC(=Cc1ccccc1Cl)C(=O)O. The van der Waals surface area contributed by atoms with Crippen LogP contribution in [0.2, 0.25) is 10.0 Å². The summed E-state index contributed by atoms with van der Waals surface area (Å²) in [4.78, 5) is 22.9. The van der Waals surface area contributed by atoms with Crippen molar-refractivity contribution in [2.24, 2.45) is 0 Å². The molecule has 2 rings (SSSR count). The molecule has 0 spiro atoms. The Balaban J connectivity index is 2.26. The number of halogens is 2. The van der Waals surface area contributed by atoms with Gasteiger partial charge in [-0.1, -0.05) is 59.6 Å². The number of aliphatic carboxylic acids is 2. The molecule has 26 heavy (non-hydrogen) atoms. The molecule has 2 aromatic rings. The second kappa shape index (κ2) is 9.73. The van der Waals surface area contributed by atoms with Crippen LogP contribution in [0.5, 0.6) is 0 Å². The van der Waals surface area contributed by atoms with Crippen LogP contribution in [-0.2, 0) is 9.59 Å². The summed E-state index contributed by atoms with van der Waals surface area (Å²) < 4.78 is 0. The second-order valence-electron chi connectivity index (χ2n) is 4.84. The number of carbonyl (C=O) groups is 2. The molecule has 0 saturated heterocycles. The van der Waals surface area contributed by atoms with Gasteiger partial charge in [-0.2, -0.15) is 0 Å². The van der Waals surface area contributed by atoms with E-state index in [0.717, 1.165) is 21.6 Å². The van der Waals surface area contributed by atoms with E-state index in [1.54, 1.807) is 48.5 Å². The third-order valence-corrected chi connectivity index (χ3v) is 6.07. The zero-order chi connectivity index (χ0) is 19.1. The molecule has 0 amide bonds. The number of rotatable bonds is 7. The molecule has 0 atom stereocenters. The largest absolute Gasteiger partial charge is 0.477 e. The minimum atomic E-state index is -1.18. The van der Waals surface area contributed by atoms with Gasteiger partial charge in [0.05, 0.1) is 0 Å². The molecule has 0 aromatic heterocycles. The summed E-state index contributed by atoms with van der Waals surface area (Å²) in [5.74, 6) is -2.35. The van der Waals surface area contributed by atoms with Crippen LogP contribution in [0.15, 0.2) is 58.3 Å². The van der Waals surface area contributed by atoms with Gasteiger partial charge in [-0.3, -0.25) is 0 Å². The predicted octanol–water partition coefficient (Wildman–Crippen LogP) is 5.93. The highest BCUT2D eigenvalue weighted by Crippen LogP contribution is 2.39. The van der Waals surface area contributed by atoms with Crippen LogP contribution in [0.25, 0.3) is 12.2 Å². The van der Waals surface area contributed by atoms with E-state index in [4.69, 9.17) is 23.2 Å². The van der Waals surface area contributed by atoms with Crippen molar-refractivity contribution in [2.45, 2.75) is 0 Å². The van der Waals surface area contributed by atoms with Crippen LogP contribution in [0.1, 0.15) is 11.1 Å². The van der Waals surface area contributed by atoms with Crippen molar-refractivity contribution in [2.75, 3.05) is 0 Å². The number of benzene rings is 2. The number of carboxylic acid groups (broad SMARTS) is 2. The maximum Gasteiger partial charge on any atom is 0.343 e. The molecule has 0 bridgehead atoms. The number of hydrogen-bond donors (Lipinski definition) is 2. The van der Waals surface area contributed by atoms with Crippen molar-refractivity contribution in [1.82, 2.24) is 0 Å². The highest BCUT2D eigenvalue weighted by molar-refractivity contribution is 8.80. The fourth-order valence-electron chi connectivity index (χ4n) is 1.80. The van der Waals surface area contributed by atoms with E-state index in [9.17, 15) is 19.8 Å². The molecule has 0 unspecified atom stereocenters. The van der Waals surface area contributed by atoms with Gasteiger partial charge in [-0.15, -0.1) is 0 Å². The Hall–Kier alpha value is -1.86. The number of carboxylic acids is 2. The molecule has 2 N–H and O–H groups in total. The fourth-order valence-corrected chi connectivity index (χ4v) is 4.11. The van der Waals surface area contributed by atoms with Crippen LogP contribution < -0.4 is 0 Å². The van der Waals surface area contributed by atoms with Crippen molar-refractivity contribution in [3.63, 3.8) is 0 Å². The molecule has 8 heteroatoms. The number of hydrogen-bond acceptors (Lipinski definition) is 4. The molecule has 4 nitrogen and oxygen atoms in total. The first-order valence-electron chi connectivity index (χ1n) is 7.12.